The Hall–Kier alpha value is -3.61. The number of anilines is 1. The van der Waals surface area contributed by atoms with Gasteiger partial charge in [-0.05, 0) is 31.0 Å². The fourth-order valence-corrected chi connectivity index (χ4v) is 5.12. The number of thiazole rings is 1. The molecule has 1 aromatic carbocycles. The Morgan fingerprint density at radius 1 is 1.14 bits per heavy atom. The van der Waals surface area contributed by atoms with Gasteiger partial charge in [-0.15, -0.1) is 0 Å². The van der Waals surface area contributed by atoms with Crippen LogP contribution in [0.15, 0.2) is 18.2 Å². The first-order chi connectivity index (χ1) is 16.6. The number of amides is 1. The van der Waals surface area contributed by atoms with E-state index in [9.17, 15) is 23.1 Å². The van der Waals surface area contributed by atoms with Crippen LogP contribution in [0.4, 0.5) is 18.3 Å². The number of methoxy groups -OCH3 is 2. The van der Waals surface area contributed by atoms with Gasteiger partial charge in [0, 0.05) is 5.56 Å². The molecule has 2 N–H and O–H groups in total. The minimum absolute atomic E-state index is 0.0782. The molecule has 0 spiro atoms. The molecule has 1 amide bonds. The van der Waals surface area contributed by atoms with Gasteiger partial charge in [-0.1, -0.05) is 25.2 Å². The predicted octanol–water partition coefficient (Wildman–Crippen LogP) is 5.00. The van der Waals surface area contributed by atoms with Gasteiger partial charge in [-0.25, -0.2) is 4.98 Å². The molecule has 0 bridgehead atoms. The van der Waals surface area contributed by atoms with Crippen molar-refractivity contribution in [2.75, 3.05) is 19.5 Å². The number of hydrogen-bond donors (Lipinski definition) is 2. The Kier molecular flexibility index (Phi) is 6.21. The normalized spacial score (nSPS) is 13.9. The van der Waals surface area contributed by atoms with E-state index >= 15 is 0 Å². The first-order valence-corrected chi connectivity index (χ1v) is 11.3. The highest BCUT2D eigenvalue weighted by Gasteiger charge is 2.43. The summed E-state index contributed by atoms with van der Waals surface area (Å²) in [6.45, 7) is 3.74. The molecule has 0 aliphatic carbocycles. The maximum Gasteiger partial charge on any atom is 0.416 e. The second-order valence-corrected chi connectivity index (χ2v) is 8.58. The number of rotatable bonds is 6. The second kappa shape index (κ2) is 8.87. The number of nitrogens with zero attached hydrogens (tertiary/aromatic N) is 3. The highest BCUT2D eigenvalue weighted by atomic mass is 32.1. The van der Waals surface area contributed by atoms with E-state index in [0.29, 0.717) is 29.0 Å². The Bertz CT molecular complexity index is 1270. The van der Waals surface area contributed by atoms with Crippen LogP contribution in [-0.2, 0) is 11.8 Å². The zero-order valence-electron chi connectivity index (χ0n) is 19.1. The third kappa shape index (κ3) is 4.20. The molecule has 13 heteroatoms. The Labute approximate surface area is 201 Å². The Balaban J connectivity index is 1.79. The highest BCUT2D eigenvalue weighted by molar-refractivity contribution is 7.16. The van der Waals surface area contributed by atoms with Crippen LogP contribution in [-0.4, -0.2) is 40.2 Å². The lowest BCUT2D eigenvalue weighted by Gasteiger charge is -2.36. The van der Waals surface area contributed by atoms with E-state index in [2.05, 4.69) is 20.3 Å². The average molecular weight is 510 g/mol. The van der Waals surface area contributed by atoms with Crippen molar-refractivity contribution in [1.29, 1.82) is 0 Å². The summed E-state index contributed by atoms with van der Waals surface area (Å²) < 4.78 is 56.2. The van der Waals surface area contributed by atoms with Gasteiger partial charge in [-0.2, -0.15) is 23.1 Å². The maximum absolute atomic E-state index is 13.3. The van der Waals surface area contributed by atoms with E-state index in [1.807, 2.05) is 13.8 Å². The molecule has 3 heterocycles. The van der Waals surface area contributed by atoms with Crippen LogP contribution >= 0.6 is 11.3 Å². The maximum atomic E-state index is 13.3. The number of benzene rings is 1. The smallest absolute Gasteiger partial charge is 0.416 e. The van der Waals surface area contributed by atoms with Crippen molar-refractivity contribution >= 4 is 22.4 Å². The third-order valence-corrected chi connectivity index (χ3v) is 6.87. The SMILES string of the molecule is CCC1(CC)Oc2cc(C(F)(F)F)ccc2-c2nc(NC(=O)c3c(OC)nc(O)nc3OC)sc21. The molecule has 0 saturated heterocycles. The number of ether oxygens (including phenoxy) is 3. The van der Waals surface area contributed by atoms with Crippen LogP contribution < -0.4 is 19.5 Å². The van der Waals surface area contributed by atoms with Gasteiger partial charge in [0.15, 0.2) is 10.7 Å². The zero-order chi connectivity index (χ0) is 25.5. The molecule has 3 aromatic rings. The number of aromatic nitrogens is 3. The number of halogens is 3. The summed E-state index contributed by atoms with van der Waals surface area (Å²) >= 11 is 1.16. The summed E-state index contributed by atoms with van der Waals surface area (Å²) in [6.07, 6.45) is -3.59. The van der Waals surface area contributed by atoms with E-state index in [0.717, 1.165) is 23.5 Å². The number of fused-ring (bicyclic) bond motifs is 3. The van der Waals surface area contributed by atoms with E-state index in [1.165, 1.54) is 20.3 Å². The van der Waals surface area contributed by atoms with Crippen LogP contribution in [0, 0.1) is 0 Å². The molecule has 0 unspecified atom stereocenters. The first-order valence-electron chi connectivity index (χ1n) is 10.5. The van der Waals surface area contributed by atoms with Crippen LogP contribution in [0.25, 0.3) is 11.3 Å². The minimum Gasteiger partial charge on any atom is -0.481 e. The lowest BCUT2D eigenvalue weighted by molar-refractivity contribution is -0.137. The standard InChI is InChI=1S/C22H21F3N4O5S/c1-5-21(6-2)15-14(11-8-7-10(22(23,24)25)9-12(11)34-21)26-20(35-15)27-16(30)13-17(32-3)28-19(31)29-18(13)33-4/h7-9H,5-6H2,1-4H3,(H,26,27,30)(H,28,29,31). The van der Waals surface area contributed by atoms with Gasteiger partial charge in [-0.3, -0.25) is 10.1 Å². The molecule has 0 saturated carbocycles. The largest absolute Gasteiger partial charge is 0.481 e. The number of carbonyl (C=O) groups is 1. The van der Waals surface area contributed by atoms with Gasteiger partial charge in [0.05, 0.1) is 30.4 Å². The summed E-state index contributed by atoms with van der Waals surface area (Å²) in [6, 6.07) is 2.62. The second-order valence-electron chi connectivity index (χ2n) is 7.58. The number of aromatic hydroxyl groups is 1. The van der Waals surface area contributed by atoms with Crippen molar-refractivity contribution < 1.29 is 37.3 Å². The van der Waals surface area contributed by atoms with Crippen LogP contribution in [0.1, 0.15) is 47.5 Å². The highest BCUT2D eigenvalue weighted by Crippen LogP contribution is 2.52. The van der Waals surface area contributed by atoms with E-state index < -0.39 is 29.3 Å². The predicted molar refractivity (Wildman–Crippen MR) is 120 cm³/mol. The number of carbonyl (C=O) groups excluding carboxylic acids is 1. The fourth-order valence-electron chi connectivity index (χ4n) is 3.88. The molecule has 2 aromatic heterocycles. The van der Waals surface area contributed by atoms with Gasteiger partial charge in [0.2, 0.25) is 11.8 Å². The van der Waals surface area contributed by atoms with E-state index in [4.69, 9.17) is 14.2 Å². The van der Waals surface area contributed by atoms with Crippen molar-refractivity contribution in [3.8, 4) is 34.8 Å². The number of nitrogens with one attached hydrogen (secondary N) is 1. The van der Waals surface area contributed by atoms with Gasteiger partial charge >= 0.3 is 12.2 Å². The van der Waals surface area contributed by atoms with Crippen LogP contribution in [0.2, 0.25) is 0 Å². The molecule has 1 aliphatic rings. The van der Waals surface area contributed by atoms with Crippen molar-refractivity contribution in [2.45, 2.75) is 38.5 Å². The molecule has 0 radical (unpaired) electrons. The van der Waals surface area contributed by atoms with Crippen molar-refractivity contribution in [2.24, 2.45) is 0 Å². The topological polar surface area (TPSA) is 116 Å². The fraction of sp³-hybridized carbons (Fsp3) is 0.364. The van der Waals surface area contributed by atoms with Crippen LogP contribution in [0.3, 0.4) is 0 Å². The zero-order valence-corrected chi connectivity index (χ0v) is 19.9. The third-order valence-electron chi connectivity index (χ3n) is 5.72. The molecule has 0 fully saturated rings. The van der Waals surface area contributed by atoms with E-state index in [-0.39, 0.29) is 28.2 Å². The molecule has 0 atom stereocenters. The summed E-state index contributed by atoms with van der Waals surface area (Å²) in [4.78, 5) is 25.7. The lowest BCUT2D eigenvalue weighted by atomic mass is 9.89. The van der Waals surface area contributed by atoms with Crippen LogP contribution in [0.5, 0.6) is 23.5 Å². The quantitative estimate of drug-likeness (QED) is 0.476. The van der Waals surface area contributed by atoms with Gasteiger partial charge in [0.1, 0.15) is 11.4 Å². The van der Waals surface area contributed by atoms with Crippen molar-refractivity contribution in [3.63, 3.8) is 0 Å². The van der Waals surface area contributed by atoms with E-state index in [1.54, 1.807) is 0 Å². The molecule has 4 rings (SSSR count). The Morgan fingerprint density at radius 3 is 2.31 bits per heavy atom. The van der Waals surface area contributed by atoms with Crippen molar-refractivity contribution in [1.82, 2.24) is 15.0 Å². The summed E-state index contributed by atoms with van der Waals surface area (Å²) in [7, 11) is 2.53. The average Bonchev–Trinajstić information content (AvgIpc) is 3.26. The lowest BCUT2D eigenvalue weighted by Crippen LogP contribution is -2.34. The molecular weight excluding hydrogens is 489 g/mol. The van der Waals surface area contributed by atoms with Crippen molar-refractivity contribution in [3.05, 3.63) is 34.2 Å². The molecule has 1 aliphatic heterocycles. The summed E-state index contributed by atoms with van der Waals surface area (Å²) in [5.74, 6) is -1.05. The monoisotopic (exact) mass is 510 g/mol. The van der Waals surface area contributed by atoms with Gasteiger partial charge < -0.3 is 19.3 Å². The number of alkyl halides is 3. The molecular formula is C22H21F3N4O5S. The molecule has 35 heavy (non-hydrogen) atoms. The van der Waals surface area contributed by atoms with Gasteiger partial charge in [0.25, 0.3) is 5.91 Å². The minimum atomic E-state index is -4.52. The first kappa shape index (κ1) is 24.5. The summed E-state index contributed by atoms with van der Waals surface area (Å²) in [5.41, 5.74) is -1.07. The molecule has 186 valence electrons. The number of hydrogen-bond acceptors (Lipinski definition) is 9. The Morgan fingerprint density at radius 2 is 1.77 bits per heavy atom. The molecule has 9 nitrogen and oxygen atoms in total. The summed E-state index contributed by atoms with van der Waals surface area (Å²) in [5, 5.41) is 12.5.